The molecule has 1 aliphatic carbocycles. The van der Waals surface area contributed by atoms with Crippen molar-refractivity contribution in [3.05, 3.63) is 0 Å². The first-order valence-electron chi connectivity index (χ1n) is 5.07. The lowest BCUT2D eigenvalue weighted by Crippen LogP contribution is -2.20. The Labute approximate surface area is 83.9 Å². The van der Waals surface area contributed by atoms with Crippen LogP contribution in [0.3, 0.4) is 0 Å². The van der Waals surface area contributed by atoms with E-state index < -0.39 is 5.97 Å². The van der Waals surface area contributed by atoms with E-state index in [4.69, 9.17) is 14.9 Å². The van der Waals surface area contributed by atoms with Crippen molar-refractivity contribution < 1.29 is 19.7 Å². The molecule has 4 nitrogen and oxygen atoms in total. The molecule has 1 aliphatic heterocycles. The van der Waals surface area contributed by atoms with Crippen molar-refractivity contribution in [1.82, 2.24) is 0 Å². The third-order valence-corrected chi connectivity index (χ3v) is 2.98. The summed E-state index contributed by atoms with van der Waals surface area (Å²) in [7, 11) is 0. The molecule has 0 aromatic carbocycles. The highest BCUT2D eigenvalue weighted by Crippen LogP contribution is 2.59. The molecule has 1 saturated carbocycles. The summed E-state index contributed by atoms with van der Waals surface area (Å²) >= 11 is 0. The minimum atomic E-state index is -0.619. The van der Waals surface area contributed by atoms with Crippen LogP contribution in [-0.2, 0) is 9.53 Å². The van der Waals surface area contributed by atoms with Crippen LogP contribution in [0.25, 0.3) is 0 Å². The van der Waals surface area contributed by atoms with Gasteiger partial charge in [0.2, 0.25) is 0 Å². The second kappa shape index (κ2) is 4.75. The zero-order chi connectivity index (χ0) is 10.6. The number of carboxylic acids is 1. The van der Waals surface area contributed by atoms with Crippen molar-refractivity contribution in [3.63, 3.8) is 0 Å². The molecule has 0 bridgehead atoms. The van der Waals surface area contributed by atoms with E-state index in [1.54, 1.807) is 6.92 Å². The second-order valence-electron chi connectivity index (χ2n) is 3.89. The molecule has 1 saturated heterocycles. The molecule has 0 aromatic rings. The van der Waals surface area contributed by atoms with E-state index in [0.717, 1.165) is 32.5 Å². The summed E-state index contributed by atoms with van der Waals surface area (Å²) in [5.74, 6) is -0.682. The highest BCUT2D eigenvalue weighted by Gasteiger charge is 2.58. The molecular formula is C10H18O4. The van der Waals surface area contributed by atoms with E-state index in [0.29, 0.717) is 0 Å². The van der Waals surface area contributed by atoms with Crippen LogP contribution in [0.2, 0.25) is 0 Å². The SMILES string of the molecule is CCO.O=C(O)C1CC12CCOCC2. The third kappa shape index (κ3) is 2.45. The van der Waals surface area contributed by atoms with E-state index in [2.05, 4.69) is 0 Å². The van der Waals surface area contributed by atoms with Crippen LogP contribution >= 0.6 is 0 Å². The van der Waals surface area contributed by atoms with Crippen molar-refractivity contribution in [1.29, 1.82) is 0 Å². The molecule has 82 valence electrons. The van der Waals surface area contributed by atoms with Crippen molar-refractivity contribution in [2.24, 2.45) is 11.3 Å². The molecule has 2 aliphatic rings. The number of aliphatic hydroxyl groups is 1. The van der Waals surface area contributed by atoms with Gasteiger partial charge in [-0.3, -0.25) is 4.79 Å². The predicted molar refractivity (Wildman–Crippen MR) is 51.0 cm³/mol. The molecule has 1 spiro atoms. The molecule has 1 unspecified atom stereocenters. The normalized spacial score (nSPS) is 27.7. The molecule has 14 heavy (non-hydrogen) atoms. The number of aliphatic hydroxyl groups excluding tert-OH is 1. The number of hydrogen-bond donors (Lipinski definition) is 2. The Kier molecular flexibility index (Phi) is 3.89. The van der Waals surface area contributed by atoms with Crippen LogP contribution in [0.4, 0.5) is 0 Å². The molecule has 1 heterocycles. The zero-order valence-electron chi connectivity index (χ0n) is 8.53. The monoisotopic (exact) mass is 202 g/mol. The number of rotatable bonds is 1. The average Bonchev–Trinajstić information content (AvgIpc) is 2.82. The van der Waals surface area contributed by atoms with Crippen LogP contribution in [-0.4, -0.2) is 36.0 Å². The lowest BCUT2D eigenvalue weighted by Gasteiger charge is -2.21. The summed E-state index contributed by atoms with van der Waals surface area (Å²) in [5.41, 5.74) is 0.143. The first kappa shape index (κ1) is 11.5. The fourth-order valence-corrected chi connectivity index (χ4v) is 2.03. The third-order valence-electron chi connectivity index (χ3n) is 2.98. The van der Waals surface area contributed by atoms with Gasteiger partial charge in [-0.25, -0.2) is 0 Å². The van der Waals surface area contributed by atoms with Gasteiger partial charge in [0.1, 0.15) is 0 Å². The van der Waals surface area contributed by atoms with Crippen LogP contribution in [0.15, 0.2) is 0 Å². The highest BCUT2D eigenvalue weighted by atomic mass is 16.5. The van der Waals surface area contributed by atoms with Crippen molar-refractivity contribution in [2.75, 3.05) is 19.8 Å². The molecule has 4 heteroatoms. The van der Waals surface area contributed by atoms with E-state index in [9.17, 15) is 4.79 Å². The van der Waals surface area contributed by atoms with Crippen molar-refractivity contribution >= 4 is 5.97 Å². The lowest BCUT2D eigenvalue weighted by atomic mass is 9.94. The van der Waals surface area contributed by atoms with E-state index >= 15 is 0 Å². The van der Waals surface area contributed by atoms with E-state index in [1.165, 1.54) is 0 Å². The van der Waals surface area contributed by atoms with Crippen LogP contribution in [0, 0.1) is 11.3 Å². The predicted octanol–water partition coefficient (Wildman–Crippen LogP) is 0.886. The molecule has 1 atom stereocenters. The second-order valence-corrected chi connectivity index (χ2v) is 3.89. The Morgan fingerprint density at radius 3 is 2.36 bits per heavy atom. The largest absolute Gasteiger partial charge is 0.481 e. The van der Waals surface area contributed by atoms with Gasteiger partial charge in [0, 0.05) is 19.8 Å². The van der Waals surface area contributed by atoms with Gasteiger partial charge in [0.05, 0.1) is 5.92 Å². The maximum absolute atomic E-state index is 10.6. The highest BCUT2D eigenvalue weighted by molar-refractivity contribution is 5.74. The van der Waals surface area contributed by atoms with E-state index in [-0.39, 0.29) is 17.9 Å². The molecular weight excluding hydrogens is 184 g/mol. The fourth-order valence-electron chi connectivity index (χ4n) is 2.03. The van der Waals surface area contributed by atoms with Gasteiger partial charge in [0.25, 0.3) is 0 Å². The average molecular weight is 202 g/mol. The molecule has 2 rings (SSSR count). The van der Waals surface area contributed by atoms with E-state index in [1.807, 2.05) is 0 Å². The number of ether oxygens (including phenoxy) is 1. The van der Waals surface area contributed by atoms with Gasteiger partial charge in [-0.1, -0.05) is 0 Å². The van der Waals surface area contributed by atoms with Crippen LogP contribution in [0.5, 0.6) is 0 Å². The van der Waals surface area contributed by atoms with Crippen LogP contribution < -0.4 is 0 Å². The molecule has 0 aromatic heterocycles. The quantitative estimate of drug-likeness (QED) is 0.662. The Morgan fingerprint density at radius 2 is 2.00 bits per heavy atom. The number of aliphatic carboxylic acids is 1. The Bertz CT molecular complexity index is 196. The van der Waals surface area contributed by atoms with Gasteiger partial charge in [-0.2, -0.15) is 0 Å². The number of carboxylic acid groups (broad SMARTS) is 1. The summed E-state index contributed by atoms with van der Waals surface area (Å²) < 4.78 is 5.18. The molecule has 0 amide bonds. The lowest BCUT2D eigenvalue weighted by molar-refractivity contribution is -0.140. The van der Waals surface area contributed by atoms with Crippen molar-refractivity contribution in [3.8, 4) is 0 Å². The maximum atomic E-state index is 10.6. The Hall–Kier alpha value is -0.610. The summed E-state index contributed by atoms with van der Waals surface area (Å²) in [5, 5.41) is 16.3. The summed E-state index contributed by atoms with van der Waals surface area (Å²) in [6, 6.07) is 0. The number of carbonyl (C=O) groups is 1. The Morgan fingerprint density at radius 1 is 1.50 bits per heavy atom. The standard InChI is InChI=1S/C8H12O3.C2H6O/c9-7(10)6-5-8(6)1-3-11-4-2-8;1-2-3/h6H,1-5H2,(H,9,10);3H,2H2,1H3. The maximum Gasteiger partial charge on any atom is 0.307 e. The minimum absolute atomic E-state index is 0.0635. The van der Waals surface area contributed by atoms with Gasteiger partial charge < -0.3 is 14.9 Å². The molecule has 0 radical (unpaired) electrons. The first-order valence-corrected chi connectivity index (χ1v) is 5.07. The summed E-state index contributed by atoms with van der Waals surface area (Å²) in [6.45, 7) is 3.44. The minimum Gasteiger partial charge on any atom is -0.481 e. The Balaban J connectivity index is 0.000000293. The molecule has 2 N–H and O–H groups in total. The van der Waals surface area contributed by atoms with Gasteiger partial charge in [-0.15, -0.1) is 0 Å². The van der Waals surface area contributed by atoms with Gasteiger partial charge in [0.15, 0.2) is 0 Å². The number of hydrogen-bond acceptors (Lipinski definition) is 3. The van der Waals surface area contributed by atoms with Crippen LogP contribution in [0.1, 0.15) is 26.2 Å². The molecule has 2 fully saturated rings. The first-order chi connectivity index (χ1) is 6.66. The smallest absolute Gasteiger partial charge is 0.307 e. The van der Waals surface area contributed by atoms with Gasteiger partial charge >= 0.3 is 5.97 Å². The topological polar surface area (TPSA) is 66.8 Å². The zero-order valence-corrected chi connectivity index (χ0v) is 8.53. The van der Waals surface area contributed by atoms with Gasteiger partial charge in [-0.05, 0) is 31.6 Å². The summed E-state index contributed by atoms with van der Waals surface area (Å²) in [4.78, 5) is 10.6. The summed E-state index contributed by atoms with van der Waals surface area (Å²) in [6.07, 6.45) is 2.78. The van der Waals surface area contributed by atoms with Crippen molar-refractivity contribution in [2.45, 2.75) is 26.2 Å². The fraction of sp³-hybridized carbons (Fsp3) is 0.900.